The Hall–Kier alpha value is -1.05. The van der Waals surface area contributed by atoms with E-state index in [0.29, 0.717) is 32.8 Å². The van der Waals surface area contributed by atoms with Crippen molar-refractivity contribution in [3.8, 4) is 0 Å². The summed E-state index contributed by atoms with van der Waals surface area (Å²) >= 11 is 0. The molecule has 0 unspecified atom stereocenters. The standard InChI is InChI=1S/C17H32N4O3.ClH/c1-2-19-16(23)20-17(8-3-4-9-17)15(22)21-11-6-14(7-12-21)24-13-5-10-18;/h14H,2-13,18H2,1H3,(H2,19,20,23);1H. The number of amides is 3. The molecule has 2 aliphatic rings. The van der Waals surface area contributed by atoms with Crippen molar-refractivity contribution in [2.45, 2.75) is 63.5 Å². The zero-order valence-electron chi connectivity index (χ0n) is 15.2. The van der Waals surface area contributed by atoms with Crippen LogP contribution in [-0.2, 0) is 9.53 Å². The average Bonchev–Trinajstić information content (AvgIpc) is 3.05. The quantitative estimate of drug-likeness (QED) is 0.585. The second-order valence-corrected chi connectivity index (χ2v) is 6.78. The van der Waals surface area contributed by atoms with Crippen molar-refractivity contribution in [3.63, 3.8) is 0 Å². The number of halogens is 1. The maximum absolute atomic E-state index is 13.1. The zero-order chi connectivity index (χ0) is 17.4. The fourth-order valence-corrected chi connectivity index (χ4v) is 3.65. The third kappa shape index (κ3) is 6.01. The van der Waals surface area contributed by atoms with Gasteiger partial charge in [0.15, 0.2) is 0 Å². The summed E-state index contributed by atoms with van der Waals surface area (Å²) in [5.41, 5.74) is 4.76. The summed E-state index contributed by atoms with van der Waals surface area (Å²) in [5, 5.41) is 5.70. The fourth-order valence-electron chi connectivity index (χ4n) is 3.65. The molecule has 1 aliphatic heterocycles. The number of hydrogen-bond acceptors (Lipinski definition) is 4. The van der Waals surface area contributed by atoms with E-state index in [0.717, 1.165) is 44.9 Å². The predicted octanol–water partition coefficient (Wildman–Crippen LogP) is 1.40. The van der Waals surface area contributed by atoms with Gasteiger partial charge in [-0.2, -0.15) is 0 Å². The van der Waals surface area contributed by atoms with E-state index in [1.165, 1.54) is 0 Å². The van der Waals surface area contributed by atoms with Crippen LogP contribution in [0.15, 0.2) is 0 Å². The monoisotopic (exact) mass is 376 g/mol. The first-order valence-electron chi connectivity index (χ1n) is 9.28. The number of likely N-dealkylation sites (tertiary alicyclic amines) is 1. The summed E-state index contributed by atoms with van der Waals surface area (Å²) in [7, 11) is 0. The van der Waals surface area contributed by atoms with Crippen LogP contribution in [0.25, 0.3) is 0 Å². The second-order valence-electron chi connectivity index (χ2n) is 6.78. The Kier molecular flexibility index (Phi) is 9.53. The summed E-state index contributed by atoms with van der Waals surface area (Å²) in [5.74, 6) is 0.0756. The van der Waals surface area contributed by atoms with E-state index in [1.54, 1.807) is 0 Å². The van der Waals surface area contributed by atoms with Crippen LogP contribution in [0.2, 0.25) is 0 Å². The highest BCUT2D eigenvalue weighted by Gasteiger charge is 2.45. The molecule has 2 fully saturated rings. The lowest BCUT2D eigenvalue weighted by Gasteiger charge is -2.38. The van der Waals surface area contributed by atoms with Crippen LogP contribution in [-0.4, -0.2) is 61.3 Å². The summed E-state index contributed by atoms with van der Waals surface area (Å²) in [6.45, 7) is 5.17. The van der Waals surface area contributed by atoms with E-state index in [-0.39, 0.29) is 30.4 Å². The molecular weight excluding hydrogens is 344 g/mol. The maximum atomic E-state index is 13.1. The number of nitrogens with two attached hydrogens (primary N) is 1. The number of ether oxygens (including phenoxy) is 1. The van der Waals surface area contributed by atoms with Crippen molar-refractivity contribution in [2.75, 3.05) is 32.8 Å². The molecule has 2 rings (SSSR count). The topological polar surface area (TPSA) is 96.7 Å². The van der Waals surface area contributed by atoms with Crippen molar-refractivity contribution in [2.24, 2.45) is 5.73 Å². The second kappa shape index (κ2) is 10.8. The summed E-state index contributed by atoms with van der Waals surface area (Å²) < 4.78 is 5.80. The Morgan fingerprint density at radius 1 is 1.24 bits per heavy atom. The predicted molar refractivity (Wildman–Crippen MR) is 99.9 cm³/mol. The van der Waals surface area contributed by atoms with Crippen molar-refractivity contribution in [1.82, 2.24) is 15.5 Å². The summed E-state index contributed by atoms with van der Waals surface area (Å²) in [6, 6.07) is -0.243. The highest BCUT2D eigenvalue weighted by Crippen LogP contribution is 2.32. The molecule has 1 saturated heterocycles. The van der Waals surface area contributed by atoms with Crippen LogP contribution in [0.3, 0.4) is 0 Å². The Balaban J connectivity index is 0.00000312. The van der Waals surface area contributed by atoms with Gasteiger partial charge in [0.25, 0.3) is 0 Å². The molecule has 0 atom stereocenters. The number of nitrogens with zero attached hydrogens (tertiary/aromatic N) is 1. The number of hydrogen-bond donors (Lipinski definition) is 3. The lowest BCUT2D eigenvalue weighted by atomic mass is 9.94. The number of carbonyl (C=O) groups is 2. The Morgan fingerprint density at radius 3 is 2.44 bits per heavy atom. The largest absolute Gasteiger partial charge is 0.378 e. The van der Waals surface area contributed by atoms with Crippen LogP contribution >= 0.6 is 12.4 Å². The molecule has 0 spiro atoms. The van der Waals surface area contributed by atoms with Gasteiger partial charge in [-0.25, -0.2) is 4.79 Å². The molecule has 1 aliphatic carbocycles. The molecule has 3 amide bonds. The van der Waals surface area contributed by atoms with Gasteiger partial charge in [0, 0.05) is 26.2 Å². The molecule has 7 nitrogen and oxygen atoms in total. The summed E-state index contributed by atoms with van der Waals surface area (Å²) in [4.78, 5) is 26.9. The van der Waals surface area contributed by atoms with Gasteiger partial charge in [0.2, 0.25) is 5.91 Å². The van der Waals surface area contributed by atoms with Crippen LogP contribution in [0.5, 0.6) is 0 Å². The minimum Gasteiger partial charge on any atom is -0.378 e. The number of rotatable bonds is 7. The van der Waals surface area contributed by atoms with E-state index in [2.05, 4.69) is 10.6 Å². The molecule has 4 N–H and O–H groups in total. The van der Waals surface area contributed by atoms with E-state index in [1.807, 2.05) is 11.8 Å². The Bertz CT molecular complexity index is 422. The smallest absolute Gasteiger partial charge is 0.315 e. The van der Waals surface area contributed by atoms with Crippen molar-refractivity contribution in [1.29, 1.82) is 0 Å². The molecular formula is C17H33ClN4O3. The van der Waals surface area contributed by atoms with Crippen LogP contribution in [0.1, 0.15) is 51.9 Å². The van der Waals surface area contributed by atoms with Gasteiger partial charge in [0.05, 0.1) is 6.10 Å². The van der Waals surface area contributed by atoms with Gasteiger partial charge in [-0.05, 0) is 45.6 Å². The van der Waals surface area contributed by atoms with Gasteiger partial charge in [0.1, 0.15) is 5.54 Å². The van der Waals surface area contributed by atoms with E-state index < -0.39 is 5.54 Å². The van der Waals surface area contributed by atoms with Crippen LogP contribution in [0.4, 0.5) is 4.79 Å². The number of piperidine rings is 1. The van der Waals surface area contributed by atoms with Crippen molar-refractivity contribution < 1.29 is 14.3 Å². The molecule has 146 valence electrons. The molecule has 0 aromatic carbocycles. The van der Waals surface area contributed by atoms with E-state index >= 15 is 0 Å². The first-order chi connectivity index (χ1) is 11.6. The van der Waals surface area contributed by atoms with E-state index in [9.17, 15) is 9.59 Å². The highest BCUT2D eigenvalue weighted by molar-refractivity contribution is 5.91. The fraction of sp³-hybridized carbons (Fsp3) is 0.882. The first kappa shape index (κ1) is 22.0. The number of carbonyl (C=O) groups excluding carboxylic acids is 2. The zero-order valence-corrected chi connectivity index (χ0v) is 16.0. The minimum absolute atomic E-state index is 0. The minimum atomic E-state index is -0.716. The molecule has 0 bridgehead atoms. The third-order valence-electron chi connectivity index (χ3n) is 4.99. The van der Waals surface area contributed by atoms with Gasteiger partial charge in [-0.3, -0.25) is 4.79 Å². The van der Waals surface area contributed by atoms with Crippen molar-refractivity contribution in [3.05, 3.63) is 0 Å². The van der Waals surface area contributed by atoms with Gasteiger partial charge in [-0.15, -0.1) is 12.4 Å². The molecule has 0 radical (unpaired) electrons. The van der Waals surface area contributed by atoms with Crippen LogP contribution < -0.4 is 16.4 Å². The first-order valence-corrected chi connectivity index (χ1v) is 9.28. The Morgan fingerprint density at radius 2 is 1.88 bits per heavy atom. The highest BCUT2D eigenvalue weighted by atomic mass is 35.5. The Labute approximate surface area is 156 Å². The molecule has 0 aromatic heterocycles. The number of urea groups is 1. The lowest BCUT2D eigenvalue weighted by molar-refractivity contribution is -0.140. The third-order valence-corrected chi connectivity index (χ3v) is 4.99. The SMILES string of the molecule is CCNC(=O)NC1(C(=O)N2CCC(OCCCN)CC2)CCCC1.Cl. The molecule has 1 saturated carbocycles. The van der Waals surface area contributed by atoms with Crippen molar-refractivity contribution >= 4 is 24.3 Å². The maximum Gasteiger partial charge on any atom is 0.315 e. The molecule has 0 aromatic rings. The lowest BCUT2D eigenvalue weighted by Crippen LogP contribution is -2.61. The van der Waals surface area contributed by atoms with Gasteiger partial charge < -0.3 is 26.0 Å². The molecule has 1 heterocycles. The average molecular weight is 377 g/mol. The normalized spacial score (nSPS) is 20.0. The number of nitrogens with one attached hydrogen (secondary N) is 2. The van der Waals surface area contributed by atoms with Gasteiger partial charge >= 0.3 is 6.03 Å². The van der Waals surface area contributed by atoms with Crippen LogP contribution in [0, 0.1) is 0 Å². The molecule has 8 heteroatoms. The van der Waals surface area contributed by atoms with E-state index in [4.69, 9.17) is 10.5 Å². The van der Waals surface area contributed by atoms with Gasteiger partial charge in [-0.1, -0.05) is 12.8 Å². The summed E-state index contributed by atoms with van der Waals surface area (Å²) in [6.07, 6.45) is 6.23. The molecule has 25 heavy (non-hydrogen) atoms.